The normalized spacial score (nSPS) is 10.4. The molecule has 2 aromatic carbocycles. The Hall–Kier alpha value is -4.12. The van der Waals surface area contributed by atoms with Crippen LogP contribution < -0.4 is 4.74 Å². The number of carbonyl (C=O) groups is 1. The van der Waals surface area contributed by atoms with Crippen molar-refractivity contribution in [3.63, 3.8) is 0 Å². The molecule has 0 bridgehead atoms. The van der Waals surface area contributed by atoms with E-state index >= 15 is 0 Å². The average molecular weight is 419 g/mol. The summed E-state index contributed by atoms with van der Waals surface area (Å²) in [5.41, 5.74) is 2.46. The molecule has 0 aliphatic rings. The summed E-state index contributed by atoms with van der Waals surface area (Å²) in [4.78, 5) is 23.3. The second-order valence-corrected chi connectivity index (χ2v) is 6.64. The molecule has 1 heterocycles. The lowest BCUT2D eigenvalue weighted by molar-refractivity contribution is -0.385. The van der Waals surface area contributed by atoms with Gasteiger partial charge in [0.1, 0.15) is 17.5 Å². The Morgan fingerprint density at radius 1 is 1.16 bits per heavy atom. The number of nitrogens with zero attached hydrogens (tertiary/aromatic N) is 3. The van der Waals surface area contributed by atoms with Crippen LogP contribution in [0.1, 0.15) is 35.6 Å². The van der Waals surface area contributed by atoms with Crippen LogP contribution in [0.3, 0.4) is 0 Å². The average Bonchev–Trinajstić information content (AvgIpc) is 3.06. The number of rotatable bonds is 7. The van der Waals surface area contributed by atoms with Crippen LogP contribution in [0.2, 0.25) is 0 Å². The molecule has 0 spiro atoms. The summed E-state index contributed by atoms with van der Waals surface area (Å²) in [5.74, 6) is 0.00971. The van der Waals surface area contributed by atoms with Crippen molar-refractivity contribution in [1.29, 1.82) is 5.26 Å². The molecular weight excluding hydrogens is 398 g/mol. The first kappa shape index (κ1) is 21.6. The molecule has 0 amide bonds. The molecule has 0 atom stereocenters. The van der Waals surface area contributed by atoms with E-state index in [0.29, 0.717) is 34.6 Å². The lowest BCUT2D eigenvalue weighted by Crippen LogP contribution is -2.12. The lowest BCUT2D eigenvalue weighted by atomic mass is 10.00. The summed E-state index contributed by atoms with van der Waals surface area (Å²) < 4.78 is 12.6. The van der Waals surface area contributed by atoms with Crippen LogP contribution in [0.4, 0.5) is 5.69 Å². The van der Waals surface area contributed by atoms with Gasteiger partial charge in [-0.15, -0.1) is 0 Å². The van der Waals surface area contributed by atoms with Gasteiger partial charge in [-0.3, -0.25) is 10.1 Å². The number of nitriles is 1. The molecule has 0 aliphatic heterocycles. The van der Waals surface area contributed by atoms with Crippen LogP contribution in [0.15, 0.2) is 48.5 Å². The van der Waals surface area contributed by atoms with E-state index in [1.165, 1.54) is 12.1 Å². The Morgan fingerprint density at radius 2 is 1.84 bits per heavy atom. The highest BCUT2D eigenvalue weighted by Gasteiger charge is 2.27. The molecule has 0 saturated heterocycles. The Labute approximate surface area is 179 Å². The Bertz CT molecular complexity index is 1170. The van der Waals surface area contributed by atoms with Crippen LogP contribution in [0.25, 0.3) is 11.1 Å². The minimum atomic E-state index is -0.509. The number of hydrogen-bond acceptors (Lipinski definition) is 6. The zero-order valence-corrected chi connectivity index (χ0v) is 17.4. The van der Waals surface area contributed by atoms with E-state index in [0.717, 1.165) is 5.69 Å². The molecular formula is C23H21N3O5. The number of ether oxygens (including phenoxy) is 2. The molecule has 0 radical (unpaired) electrons. The molecule has 158 valence electrons. The van der Waals surface area contributed by atoms with Crippen LogP contribution in [0, 0.1) is 21.4 Å². The number of benzene rings is 2. The van der Waals surface area contributed by atoms with E-state index in [4.69, 9.17) is 9.47 Å². The van der Waals surface area contributed by atoms with Crippen molar-refractivity contribution >= 4 is 11.7 Å². The first-order valence-electron chi connectivity index (χ1n) is 9.73. The Kier molecular flexibility index (Phi) is 6.36. The number of aromatic nitrogens is 1. The van der Waals surface area contributed by atoms with Gasteiger partial charge >= 0.3 is 11.7 Å². The van der Waals surface area contributed by atoms with E-state index in [1.807, 2.05) is 6.92 Å². The fourth-order valence-corrected chi connectivity index (χ4v) is 3.50. The highest BCUT2D eigenvalue weighted by atomic mass is 16.6. The van der Waals surface area contributed by atoms with Gasteiger partial charge in [-0.2, -0.15) is 5.26 Å². The maximum Gasteiger partial charge on any atom is 0.355 e. The van der Waals surface area contributed by atoms with Crippen molar-refractivity contribution in [1.82, 2.24) is 4.57 Å². The zero-order valence-electron chi connectivity index (χ0n) is 17.4. The number of hydrogen-bond donors (Lipinski definition) is 0. The maximum atomic E-state index is 12.6. The van der Waals surface area contributed by atoms with Crippen LogP contribution in [0.5, 0.6) is 11.5 Å². The molecule has 3 rings (SSSR count). The topological polar surface area (TPSA) is 107 Å². The van der Waals surface area contributed by atoms with Crippen LogP contribution >= 0.6 is 0 Å². The van der Waals surface area contributed by atoms with Gasteiger partial charge in [-0.25, -0.2) is 4.79 Å². The number of nitro groups is 1. The van der Waals surface area contributed by atoms with Crippen molar-refractivity contribution in [2.24, 2.45) is 7.05 Å². The third-order valence-corrected chi connectivity index (χ3v) is 4.86. The number of esters is 1. The van der Waals surface area contributed by atoms with Gasteiger partial charge in [0.25, 0.3) is 0 Å². The molecule has 0 fully saturated rings. The SMILES string of the molecule is CCOC(=O)c1c(-c2ccc(Oc3ccccc3[N+](=O)[O-])cc2)c(C#N)c(CC)n1C. The molecule has 0 N–H and O–H groups in total. The van der Waals surface area contributed by atoms with E-state index in [2.05, 4.69) is 6.07 Å². The molecule has 31 heavy (non-hydrogen) atoms. The molecule has 8 nitrogen and oxygen atoms in total. The predicted molar refractivity (Wildman–Crippen MR) is 114 cm³/mol. The third kappa shape index (κ3) is 4.12. The quantitative estimate of drug-likeness (QED) is 0.303. The predicted octanol–water partition coefficient (Wildman–Crippen LogP) is 5.00. The smallest absolute Gasteiger partial charge is 0.355 e. The summed E-state index contributed by atoms with van der Waals surface area (Å²) in [6.07, 6.45) is 0.574. The van der Waals surface area contributed by atoms with Crippen LogP contribution in [-0.4, -0.2) is 22.1 Å². The third-order valence-electron chi connectivity index (χ3n) is 4.86. The second-order valence-electron chi connectivity index (χ2n) is 6.64. The van der Waals surface area contributed by atoms with E-state index in [-0.39, 0.29) is 18.0 Å². The van der Waals surface area contributed by atoms with Gasteiger partial charge in [0.05, 0.1) is 17.1 Å². The zero-order chi connectivity index (χ0) is 22.5. The largest absolute Gasteiger partial charge is 0.461 e. The molecule has 1 aromatic heterocycles. The van der Waals surface area contributed by atoms with Gasteiger partial charge in [0.2, 0.25) is 5.75 Å². The molecule has 3 aromatic rings. The van der Waals surface area contributed by atoms with Gasteiger partial charge in [0.15, 0.2) is 0 Å². The van der Waals surface area contributed by atoms with Gasteiger partial charge in [-0.1, -0.05) is 31.2 Å². The van der Waals surface area contributed by atoms with Crippen LogP contribution in [-0.2, 0) is 18.2 Å². The molecule has 8 heteroatoms. The summed E-state index contributed by atoms with van der Waals surface area (Å²) >= 11 is 0. The highest BCUT2D eigenvalue weighted by Crippen LogP contribution is 2.36. The van der Waals surface area contributed by atoms with Gasteiger partial charge in [-0.05, 0) is 37.1 Å². The van der Waals surface area contributed by atoms with E-state index in [9.17, 15) is 20.2 Å². The summed E-state index contributed by atoms with van der Waals surface area (Å²) in [6, 6.07) is 15.0. The van der Waals surface area contributed by atoms with E-state index < -0.39 is 10.9 Å². The fraction of sp³-hybridized carbons (Fsp3) is 0.217. The standard InChI is InChI=1S/C23H21N3O5/c1-4-18-17(14-24)21(22(25(18)3)23(27)30-5-2)15-10-12-16(13-11-15)31-20-9-7-6-8-19(20)26(28)29/h6-13H,4-5H2,1-3H3. The highest BCUT2D eigenvalue weighted by molar-refractivity contribution is 5.98. The van der Waals surface area contributed by atoms with Gasteiger partial charge < -0.3 is 14.0 Å². The Morgan fingerprint density at radius 3 is 2.42 bits per heavy atom. The van der Waals surface area contributed by atoms with Crippen molar-refractivity contribution in [3.05, 3.63) is 75.6 Å². The van der Waals surface area contributed by atoms with Crippen molar-refractivity contribution in [2.75, 3.05) is 6.61 Å². The Balaban J connectivity index is 2.04. The number of nitro benzene ring substituents is 1. The van der Waals surface area contributed by atoms with Gasteiger partial charge in [0, 0.05) is 24.4 Å². The number of para-hydroxylation sites is 2. The first-order chi connectivity index (χ1) is 14.9. The summed E-state index contributed by atoms with van der Waals surface area (Å²) in [7, 11) is 1.74. The fourth-order valence-electron chi connectivity index (χ4n) is 3.50. The first-order valence-corrected chi connectivity index (χ1v) is 9.73. The monoisotopic (exact) mass is 419 g/mol. The maximum absolute atomic E-state index is 12.6. The minimum absolute atomic E-state index is 0.123. The molecule has 0 aliphatic carbocycles. The lowest BCUT2D eigenvalue weighted by Gasteiger charge is -2.09. The van der Waals surface area contributed by atoms with E-state index in [1.54, 1.807) is 54.9 Å². The number of carbonyl (C=O) groups excluding carboxylic acids is 1. The second kappa shape index (κ2) is 9.13. The molecule has 0 unspecified atom stereocenters. The summed E-state index contributed by atoms with van der Waals surface area (Å²) in [5, 5.41) is 21.0. The minimum Gasteiger partial charge on any atom is -0.461 e. The molecule has 0 saturated carbocycles. The van der Waals surface area contributed by atoms with Crippen molar-refractivity contribution in [2.45, 2.75) is 20.3 Å². The van der Waals surface area contributed by atoms with Crippen molar-refractivity contribution < 1.29 is 19.2 Å². The van der Waals surface area contributed by atoms with Crippen molar-refractivity contribution in [3.8, 4) is 28.7 Å². The summed E-state index contributed by atoms with van der Waals surface area (Å²) in [6.45, 7) is 3.86.